The summed E-state index contributed by atoms with van der Waals surface area (Å²) >= 11 is 0. The van der Waals surface area contributed by atoms with Crippen LogP contribution in [0.25, 0.3) is 0 Å². The molecule has 1 unspecified atom stereocenters. The van der Waals surface area contributed by atoms with E-state index in [2.05, 4.69) is 18.7 Å². The van der Waals surface area contributed by atoms with Crippen LogP contribution in [0.1, 0.15) is 34.1 Å². The molecule has 0 fully saturated rings. The number of halogens is 3. The summed E-state index contributed by atoms with van der Waals surface area (Å²) in [7, 11) is 0. The minimum absolute atomic E-state index is 0.198. The quantitative estimate of drug-likeness (QED) is 0.668. The van der Waals surface area contributed by atoms with E-state index in [1.54, 1.807) is 0 Å². The molecule has 0 heterocycles. The van der Waals surface area contributed by atoms with Crippen molar-refractivity contribution in [2.75, 3.05) is 19.6 Å². The number of hydrogen-bond donors (Lipinski definition) is 0. The van der Waals surface area contributed by atoms with Crippen molar-refractivity contribution >= 4 is 0 Å². The van der Waals surface area contributed by atoms with Gasteiger partial charge in [0.15, 0.2) is 0 Å². The fraction of sp³-hybridized carbons (Fsp3) is 1.00. The molecule has 15 heavy (non-hydrogen) atoms. The number of alkyl halides is 3. The Morgan fingerprint density at radius 1 is 1.13 bits per heavy atom. The van der Waals surface area contributed by atoms with Gasteiger partial charge in [0.05, 0.1) is 5.92 Å². The summed E-state index contributed by atoms with van der Waals surface area (Å²) in [6.07, 6.45) is -3.85. The van der Waals surface area contributed by atoms with Crippen LogP contribution < -0.4 is 0 Å². The van der Waals surface area contributed by atoms with E-state index in [1.165, 1.54) is 6.92 Å². The summed E-state index contributed by atoms with van der Waals surface area (Å²) in [5.41, 5.74) is 0. The molecule has 0 radical (unpaired) electrons. The SMILES string of the molecule is CCN(CCC(C)C(F)(F)F)CC(C)C. The first-order valence-corrected chi connectivity index (χ1v) is 5.56. The van der Waals surface area contributed by atoms with Crippen molar-refractivity contribution < 1.29 is 13.2 Å². The predicted molar refractivity (Wildman–Crippen MR) is 56.8 cm³/mol. The van der Waals surface area contributed by atoms with E-state index in [-0.39, 0.29) is 6.42 Å². The summed E-state index contributed by atoms with van der Waals surface area (Å²) in [4.78, 5) is 2.08. The Balaban J connectivity index is 3.90. The van der Waals surface area contributed by atoms with Gasteiger partial charge < -0.3 is 4.90 Å². The second-order valence-electron chi connectivity index (χ2n) is 4.52. The first-order chi connectivity index (χ1) is 6.77. The van der Waals surface area contributed by atoms with Crippen LogP contribution in [-0.4, -0.2) is 30.7 Å². The lowest BCUT2D eigenvalue weighted by atomic mass is 10.1. The first-order valence-electron chi connectivity index (χ1n) is 5.56. The Bertz CT molecular complexity index is 166. The van der Waals surface area contributed by atoms with Gasteiger partial charge in [-0.15, -0.1) is 0 Å². The Hall–Kier alpha value is -0.250. The zero-order valence-electron chi connectivity index (χ0n) is 10.1. The summed E-state index contributed by atoms with van der Waals surface area (Å²) < 4.78 is 36.7. The van der Waals surface area contributed by atoms with E-state index < -0.39 is 12.1 Å². The average molecular weight is 225 g/mol. The van der Waals surface area contributed by atoms with E-state index in [9.17, 15) is 13.2 Å². The molecule has 0 aromatic heterocycles. The van der Waals surface area contributed by atoms with Crippen LogP contribution in [0, 0.1) is 11.8 Å². The van der Waals surface area contributed by atoms with Crippen molar-refractivity contribution in [1.29, 1.82) is 0 Å². The summed E-state index contributed by atoms with van der Waals surface area (Å²) in [5.74, 6) is -0.690. The molecule has 1 nitrogen and oxygen atoms in total. The molecule has 4 heteroatoms. The maximum Gasteiger partial charge on any atom is 0.391 e. The second kappa shape index (κ2) is 6.36. The third-order valence-electron chi connectivity index (χ3n) is 2.51. The lowest BCUT2D eigenvalue weighted by molar-refractivity contribution is -0.171. The Kier molecular flexibility index (Phi) is 6.25. The van der Waals surface area contributed by atoms with Gasteiger partial charge in [-0.2, -0.15) is 13.2 Å². The monoisotopic (exact) mass is 225 g/mol. The van der Waals surface area contributed by atoms with E-state index in [4.69, 9.17) is 0 Å². The van der Waals surface area contributed by atoms with Crippen molar-refractivity contribution in [2.24, 2.45) is 11.8 Å². The summed E-state index contributed by atoms with van der Waals surface area (Å²) in [6, 6.07) is 0. The zero-order valence-corrected chi connectivity index (χ0v) is 10.1. The maximum atomic E-state index is 12.2. The molecule has 0 amide bonds. The van der Waals surface area contributed by atoms with Gasteiger partial charge >= 0.3 is 6.18 Å². The molecular formula is C11H22F3N. The van der Waals surface area contributed by atoms with E-state index >= 15 is 0 Å². The molecule has 0 N–H and O–H groups in total. The Morgan fingerprint density at radius 2 is 1.67 bits per heavy atom. The highest BCUT2D eigenvalue weighted by Gasteiger charge is 2.35. The fourth-order valence-corrected chi connectivity index (χ4v) is 1.43. The smallest absolute Gasteiger partial charge is 0.303 e. The van der Waals surface area contributed by atoms with E-state index in [0.717, 1.165) is 13.1 Å². The third kappa shape index (κ3) is 6.77. The normalized spacial score (nSPS) is 15.0. The molecule has 0 spiro atoms. The van der Waals surface area contributed by atoms with Crippen LogP contribution in [0.5, 0.6) is 0 Å². The topological polar surface area (TPSA) is 3.24 Å². The van der Waals surface area contributed by atoms with Crippen LogP contribution in [0.4, 0.5) is 13.2 Å². The number of nitrogens with zero attached hydrogens (tertiary/aromatic N) is 1. The largest absolute Gasteiger partial charge is 0.391 e. The molecule has 0 aliphatic heterocycles. The van der Waals surface area contributed by atoms with Crippen molar-refractivity contribution in [3.8, 4) is 0 Å². The van der Waals surface area contributed by atoms with Crippen molar-refractivity contribution in [3.05, 3.63) is 0 Å². The van der Waals surface area contributed by atoms with E-state index in [0.29, 0.717) is 12.5 Å². The molecule has 0 saturated carbocycles. The van der Waals surface area contributed by atoms with Crippen LogP contribution in [0.15, 0.2) is 0 Å². The minimum atomic E-state index is -4.04. The standard InChI is InChI=1S/C11H22F3N/c1-5-15(8-9(2)3)7-6-10(4)11(12,13)14/h9-10H,5-8H2,1-4H3. The maximum absolute atomic E-state index is 12.2. The van der Waals surface area contributed by atoms with Crippen LogP contribution in [0.2, 0.25) is 0 Å². The molecule has 0 saturated heterocycles. The number of hydrogen-bond acceptors (Lipinski definition) is 1. The lowest BCUT2D eigenvalue weighted by Gasteiger charge is -2.24. The summed E-state index contributed by atoms with van der Waals surface area (Å²) in [6.45, 7) is 9.63. The minimum Gasteiger partial charge on any atom is -0.303 e. The third-order valence-corrected chi connectivity index (χ3v) is 2.51. The van der Waals surface area contributed by atoms with Gasteiger partial charge in [-0.25, -0.2) is 0 Å². The highest BCUT2D eigenvalue weighted by atomic mass is 19.4. The van der Waals surface area contributed by atoms with Gasteiger partial charge in [0.1, 0.15) is 0 Å². The van der Waals surface area contributed by atoms with Gasteiger partial charge in [-0.1, -0.05) is 27.7 Å². The molecule has 0 aromatic rings. The highest BCUT2D eigenvalue weighted by molar-refractivity contribution is 4.66. The molecule has 1 atom stereocenters. The zero-order chi connectivity index (χ0) is 12.1. The highest BCUT2D eigenvalue weighted by Crippen LogP contribution is 2.28. The molecule has 0 bridgehead atoms. The van der Waals surface area contributed by atoms with Gasteiger partial charge in [0, 0.05) is 6.54 Å². The van der Waals surface area contributed by atoms with Crippen LogP contribution in [-0.2, 0) is 0 Å². The van der Waals surface area contributed by atoms with Crippen LogP contribution >= 0.6 is 0 Å². The first kappa shape index (κ1) is 14.8. The predicted octanol–water partition coefficient (Wildman–Crippen LogP) is 3.55. The molecular weight excluding hydrogens is 203 g/mol. The molecule has 0 aliphatic rings. The van der Waals surface area contributed by atoms with Crippen molar-refractivity contribution in [2.45, 2.75) is 40.3 Å². The van der Waals surface area contributed by atoms with Gasteiger partial charge in [0.25, 0.3) is 0 Å². The fourth-order valence-electron chi connectivity index (χ4n) is 1.43. The number of rotatable bonds is 6. The average Bonchev–Trinajstić information content (AvgIpc) is 2.09. The molecule has 0 aliphatic carbocycles. The van der Waals surface area contributed by atoms with Crippen molar-refractivity contribution in [3.63, 3.8) is 0 Å². The Labute approximate surface area is 90.6 Å². The van der Waals surface area contributed by atoms with Gasteiger partial charge in [0.2, 0.25) is 0 Å². The van der Waals surface area contributed by atoms with E-state index in [1.807, 2.05) is 6.92 Å². The van der Waals surface area contributed by atoms with Crippen molar-refractivity contribution in [1.82, 2.24) is 4.90 Å². The van der Waals surface area contributed by atoms with Gasteiger partial charge in [-0.3, -0.25) is 0 Å². The molecule has 0 rings (SSSR count). The lowest BCUT2D eigenvalue weighted by Crippen LogP contribution is -2.32. The summed E-state index contributed by atoms with van der Waals surface area (Å²) in [5, 5.41) is 0. The van der Waals surface area contributed by atoms with Gasteiger partial charge in [-0.05, 0) is 25.4 Å². The Morgan fingerprint density at radius 3 is 2.00 bits per heavy atom. The molecule has 92 valence electrons. The second-order valence-corrected chi connectivity index (χ2v) is 4.52. The van der Waals surface area contributed by atoms with Crippen LogP contribution in [0.3, 0.4) is 0 Å². The molecule has 0 aromatic carbocycles.